The summed E-state index contributed by atoms with van der Waals surface area (Å²) in [5.74, 6) is 1.77. The van der Waals surface area contributed by atoms with Crippen LogP contribution in [0, 0.1) is 0 Å². The number of unbranched alkanes of at least 4 members (excludes halogenated alkanes) is 10. The van der Waals surface area contributed by atoms with Crippen LogP contribution in [-0.2, 0) is 0 Å². The van der Waals surface area contributed by atoms with Crippen molar-refractivity contribution in [3.8, 4) is 11.5 Å². The fourth-order valence-electron chi connectivity index (χ4n) is 3.99. The molecule has 0 aliphatic carbocycles. The van der Waals surface area contributed by atoms with Crippen LogP contribution in [-0.4, -0.2) is 45.4 Å². The molecule has 0 fully saturated rings. The van der Waals surface area contributed by atoms with Crippen molar-refractivity contribution in [2.24, 2.45) is 10.2 Å². The van der Waals surface area contributed by atoms with Gasteiger partial charge in [0.15, 0.2) is 0 Å². The summed E-state index contributed by atoms with van der Waals surface area (Å²) < 4.78 is 12.7. The first kappa shape index (κ1) is 29.8. The summed E-state index contributed by atoms with van der Waals surface area (Å²) in [5, 5.41) is 8.69. The van der Waals surface area contributed by atoms with Gasteiger partial charge in [0.05, 0.1) is 52.3 Å². The average Bonchev–Trinajstić information content (AvgIpc) is 2.86. The van der Waals surface area contributed by atoms with Crippen LogP contribution in [0.5, 0.6) is 11.5 Å². The second-order valence-electron chi connectivity index (χ2n) is 10.8. The molecule has 0 N–H and O–H groups in total. The second kappa shape index (κ2) is 17.9. The Labute approximate surface area is 220 Å². The third-order valence-corrected chi connectivity index (χ3v) is 6.21. The first-order valence-corrected chi connectivity index (χ1v) is 14.1. The van der Waals surface area contributed by atoms with E-state index in [2.05, 4.69) is 38.3 Å². The number of ether oxygens (including phenoxy) is 2. The van der Waals surface area contributed by atoms with Gasteiger partial charge < -0.3 is 14.0 Å². The lowest BCUT2D eigenvalue weighted by atomic mass is 10.1. The van der Waals surface area contributed by atoms with Crippen LogP contribution in [0.4, 0.5) is 11.4 Å². The Balaban J connectivity index is 1.57. The summed E-state index contributed by atoms with van der Waals surface area (Å²) in [6.45, 7) is 4.96. The molecule has 36 heavy (non-hydrogen) atoms. The van der Waals surface area contributed by atoms with Gasteiger partial charge in [-0.15, -0.1) is 0 Å². The molecule has 0 radical (unpaired) electrons. The first-order chi connectivity index (χ1) is 17.5. The summed E-state index contributed by atoms with van der Waals surface area (Å²) in [6.07, 6.45) is 15.6. The molecule has 0 bridgehead atoms. The lowest BCUT2D eigenvalue weighted by Crippen LogP contribution is -2.35. The van der Waals surface area contributed by atoms with E-state index in [1.54, 1.807) is 0 Å². The molecule has 0 spiro atoms. The van der Waals surface area contributed by atoms with Crippen molar-refractivity contribution in [3.63, 3.8) is 0 Å². The smallest absolute Gasteiger partial charge is 0.119 e. The van der Waals surface area contributed by atoms with Gasteiger partial charge >= 0.3 is 0 Å². The third-order valence-electron chi connectivity index (χ3n) is 6.21. The second-order valence-corrected chi connectivity index (χ2v) is 10.8. The normalized spacial score (nSPS) is 11.8. The molecule has 0 saturated carbocycles. The Morgan fingerprint density at radius 1 is 0.528 bits per heavy atom. The molecule has 0 heterocycles. The molecule has 0 aliphatic heterocycles. The number of nitrogens with zero attached hydrogens (tertiary/aromatic N) is 3. The maximum Gasteiger partial charge on any atom is 0.119 e. The number of azo groups is 1. The SMILES string of the molecule is CCCCCCCCCCCCOc1ccc(N=Nc2ccc(OCCCC[N+](C)(C)C)cc2)cc1. The first-order valence-electron chi connectivity index (χ1n) is 14.1. The minimum atomic E-state index is 0.745. The van der Waals surface area contributed by atoms with Crippen LogP contribution in [0.1, 0.15) is 84.0 Å². The number of rotatable bonds is 20. The van der Waals surface area contributed by atoms with Crippen molar-refractivity contribution in [3.05, 3.63) is 48.5 Å². The zero-order valence-corrected chi connectivity index (χ0v) is 23.4. The van der Waals surface area contributed by atoms with E-state index in [1.165, 1.54) is 64.2 Å². The predicted octanol–water partition coefficient (Wildman–Crippen LogP) is 9.27. The van der Waals surface area contributed by atoms with E-state index in [1.807, 2.05) is 48.5 Å². The number of quaternary nitrogens is 1. The zero-order chi connectivity index (χ0) is 25.9. The van der Waals surface area contributed by atoms with Crippen LogP contribution in [0.25, 0.3) is 0 Å². The van der Waals surface area contributed by atoms with Crippen molar-refractivity contribution in [1.29, 1.82) is 0 Å². The van der Waals surface area contributed by atoms with Crippen LogP contribution in [0.15, 0.2) is 58.8 Å². The van der Waals surface area contributed by atoms with Crippen molar-refractivity contribution >= 4 is 11.4 Å². The molecule has 2 aromatic rings. The number of hydrogen-bond donors (Lipinski definition) is 0. The molecule has 0 saturated heterocycles. The molecule has 2 rings (SSSR count). The van der Waals surface area contributed by atoms with Gasteiger partial charge in [-0.25, -0.2) is 0 Å². The molecule has 5 heteroatoms. The lowest BCUT2D eigenvalue weighted by molar-refractivity contribution is -0.870. The minimum absolute atomic E-state index is 0.745. The van der Waals surface area contributed by atoms with Crippen LogP contribution in [0.3, 0.4) is 0 Å². The summed E-state index contributed by atoms with van der Waals surface area (Å²) in [5.41, 5.74) is 1.63. The van der Waals surface area contributed by atoms with Gasteiger partial charge in [0.25, 0.3) is 0 Å². The summed E-state index contributed by atoms with van der Waals surface area (Å²) in [7, 11) is 6.66. The van der Waals surface area contributed by atoms with Crippen molar-refractivity contribution in [1.82, 2.24) is 0 Å². The summed E-state index contributed by atoms with van der Waals surface area (Å²) in [6, 6.07) is 15.6. The van der Waals surface area contributed by atoms with E-state index in [9.17, 15) is 0 Å². The van der Waals surface area contributed by atoms with E-state index < -0.39 is 0 Å². The Morgan fingerprint density at radius 2 is 0.917 bits per heavy atom. The highest BCUT2D eigenvalue weighted by Crippen LogP contribution is 2.23. The highest BCUT2D eigenvalue weighted by molar-refractivity contribution is 5.44. The van der Waals surface area contributed by atoms with Gasteiger partial charge in [-0.2, -0.15) is 10.2 Å². The van der Waals surface area contributed by atoms with Crippen LogP contribution < -0.4 is 9.47 Å². The Kier molecular flexibility index (Phi) is 14.9. The Bertz CT molecular complexity index is 826. The van der Waals surface area contributed by atoms with Crippen molar-refractivity contribution < 1.29 is 14.0 Å². The van der Waals surface area contributed by atoms with Crippen LogP contribution >= 0.6 is 0 Å². The molecular weight excluding hydrogens is 446 g/mol. The molecule has 0 aliphatic rings. The van der Waals surface area contributed by atoms with Gasteiger partial charge in [0.1, 0.15) is 11.5 Å². The largest absolute Gasteiger partial charge is 0.494 e. The van der Waals surface area contributed by atoms with Gasteiger partial charge in [-0.1, -0.05) is 64.7 Å². The minimum Gasteiger partial charge on any atom is -0.494 e. The lowest BCUT2D eigenvalue weighted by Gasteiger charge is -2.23. The highest BCUT2D eigenvalue weighted by Gasteiger charge is 2.05. The molecular formula is C31H50N3O2+. The fraction of sp³-hybridized carbons (Fsp3) is 0.613. The standard InChI is InChI=1S/C31H50N3O2/c1-5-6-7-8-9-10-11-12-13-15-26-35-30-21-17-28(18-22-30)32-33-29-19-23-31(24-20-29)36-27-16-14-25-34(2,3)4/h17-24H,5-16,25-27H2,1-4H3/q+1. The van der Waals surface area contributed by atoms with E-state index in [4.69, 9.17) is 9.47 Å². The average molecular weight is 497 g/mol. The van der Waals surface area contributed by atoms with Gasteiger partial charge in [0, 0.05) is 0 Å². The van der Waals surface area contributed by atoms with Gasteiger partial charge in [0.2, 0.25) is 0 Å². The van der Waals surface area contributed by atoms with Crippen molar-refractivity contribution in [2.75, 3.05) is 40.9 Å². The molecule has 0 unspecified atom stereocenters. The highest BCUT2D eigenvalue weighted by atomic mass is 16.5. The van der Waals surface area contributed by atoms with Gasteiger partial charge in [-0.3, -0.25) is 0 Å². The molecule has 0 aromatic heterocycles. The quantitative estimate of drug-likeness (QED) is 0.104. The fourth-order valence-corrected chi connectivity index (χ4v) is 3.99. The maximum atomic E-state index is 5.89. The molecule has 5 nitrogen and oxygen atoms in total. The number of hydrogen-bond acceptors (Lipinski definition) is 4. The summed E-state index contributed by atoms with van der Waals surface area (Å²) in [4.78, 5) is 0. The topological polar surface area (TPSA) is 43.2 Å². The molecule has 200 valence electrons. The zero-order valence-electron chi connectivity index (χ0n) is 23.4. The van der Waals surface area contributed by atoms with Crippen LogP contribution in [0.2, 0.25) is 0 Å². The monoisotopic (exact) mass is 496 g/mol. The van der Waals surface area contributed by atoms with E-state index >= 15 is 0 Å². The Morgan fingerprint density at radius 3 is 1.33 bits per heavy atom. The van der Waals surface area contributed by atoms with Crippen molar-refractivity contribution in [2.45, 2.75) is 84.0 Å². The molecule has 0 atom stereocenters. The number of benzene rings is 2. The van der Waals surface area contributed by atoms with Gasteiger partial charge in [-0.05, 0) is 67.8 Å². The van der Waals surface area contributed by atoms with E-state index in [-0.39, 0.29) is 0 Å². The predicted molar refractivity (Wildman–Crippen MR) is 152 cm³/mol. The third kappa shape index (κ3) is 14.9. The summed E-state index contributed by atoms with van der Waals surface area (Å²) >= 11 is 0. The molecule has 2 aromatic carbocycles. The molecule has 0 amide bonds. The Hall–Kier alpha value is -2.40. The van der Waals surface area contributed by atoms with E-state index in [0.29, 0.717) is 0 Å². The maximum absolute atomic E-state index is 5.89. The van der Waals surface area contributed by atoms with E-state index in [0.717, 1.165) is 60.0 Å².